The molecule has 6 nitrogen and oxygen atoms in total. The summed E-state index contributed by atoms with van der Waals surface area (Å²) in [7, 11) is -3.09. The van der Waals surface area contributed by atoms with E-state index in [1.165, 1.54) is 6.26 Å². The highest BCUT2D eigenvalue weighted by atomic mass is 32.2. The fourth-order valence-electron chi connectivity index (χ4n) is 3.29. The smallest absolute Gasteiger partial charge is 0.309 e. The standard InChI is InChI=1S/C14H26N2O4S/c1-14(13(17)18)5-8-15(9-6-14)10-12-4-3-7-16(11-12)21(2,19)20/h12H,3-11H2,1-2H3,(H,17,18). The van der Waals surface area contributed by atoms with Gasteiger partial charge in [0.25, 0.3) is 0 Å². The highest BCUT2D eigenvalue weighted by Gasteiger charge is 2.37. The maximum absolute atomic E-state index is 11.6. The lowest BCUT2D eigenvalue weighted by molar-refractivity contribution is -0.150. The third-order valence-corrected chi connectivity index (χ3v) is 6.21. The Bertz CT molecular complexity index is 483. The molecule has 0 aromatic rings. The van der Waals surface area contributed by atoms with Gasteiger partial charge < -0.3 is 10.0 Å². The Kier molecular flexibility index (Phi) is 4.95. The molecule has 1 unspecified atom stereocenters. The monoisotopic (exact) mass is 318 g/mol. The molecular weight excluding hydrogens is 292 g/mol. The van der Waals surface area contributed by atoms with Gasteiger partial charge in [-0.15, -0.1) is 0 Å². The predicted molar refractivity (Wildman–Crippen MR) is 80.6 cm³/mol. The van der Waals surface area contributed by atoms with Crippen LogP contribution in [0.25, 0.3) is 0 Å². The van der Waals surface area contributed by atoms with Gasteiger partial charge >= 0.3 is 5.97 Å². The van der Waals surface area contributed by atoms with E-state index in [2.05, 4.69) is 4.90 Å². The molecule has 2 fully saturated rings. The first-order valence-electron chi connectivity index (χ1n) is 7.61. The van der Waals surface area contributed by atoms with E-state index in [9.17, 15) is 18.3 Å². The molecule has 0 saturated carbocycles. The second-order valence-corrected chi connectivity index (χ2v) is 8.78. The Labute approximate surface area is 127 Å². The van der Waals surface area contributed by atoms with Crippen LogP contribution in [0.5, 0.6) is 0 Å². The number of carboxylic acid groups (broad SMARTS) is 1. The van der Waals surface area contributed by atoms with Crippen molar-refractivity contribution in [2.45, 2.75) is 32.6 Å². The molecule has 1 N–H and O–H groups in total. The molecule has 0 aliphatic carbocycles. The van der Waals surface area contributed by atoms with Gasteiger partial charge in [-0.2, -0.15) is 0 Å². The second kappa shape index (κ2) is 6.22. The maximum atomic E-state index is 11.6. The summed E-state index contributed by atoms with van der Waals surface area (Å²) in [6.45, 7) is 5.51. The number of hydrogen-bond donors (Lipinski definition) is 1. The second-order valence-electron chi connectivity index (χ2n) is 6.80. The van der Waals surface area contributed by atoms with E-state index in [1.807, 2.05) is 6.92 Å². The van der Waals surface area contributed by atoms with Crippen molar-refractivity contribution in [2.75, 3.05) is 39.0 Å². The number of piperidine rings is 2. The molecule has 0 aromatic carbocycles. The third kappa shape index (κ3) is 4.17. The Morgan fingerprint density at radius 3 is 2.43 bits per heavy atom. The quantitative estimate of drug-likeness (QED) is 0.831. The lowest BCUT2D eigenvalue weighted by Gasteiger charge is -2.39. The molecule has 21 heavy (non-hydrogen) atoms. The maximum Gasteiger partial charge on any atom is 0.309 e. The molecule has 2 rings (SSSR count). The summed E-state index contributed by atoms with van der Waals surface area (Å²) in [5.74, 6) is -0.342. The molecule has 0 aromatic heterocycles. The number of aliphatic carboxylic acids is 1. The number of rotatable bonds is 4. The van der Waals surface area contributed by atoms with Crippen LogP contribution in [-0.2, 0) is 14.8 Å². The van der Waals surface area contributed by atoms with Crippen LogP contribution in [0.2, 0.25) is 0 Å². The zero-order chi connectivity index (χ0) is 15.7. The largest absolute Gasteiger partial charge is 0.481 e. The lowest BCUT2D eigenvalue weighted by atomic mass is 9.80. The average molecular weight is 318 g/mol. The van der Waals surface area contributed by atoms with Crippen molar-refractivity contribution in [3.05, 3.63) is 0 Å². The molecule has 122 valence electrons. The number of hydrogen-bond acceptors (Lipinski definition) is 4. The highest BCUT2D eigenvalue weighted by molar-refractivity contribution is 7.88. The first-order valence-corrected chi connectivity index (χ1v) is 9.46. The number of carboxylic acids is 1. The van der Waals surface area contributed by atoms with Crippen molar-refractivity contribution in [2.24, 2.45) is 11.3 Å². The Balaban J connectivity index is 1.85. The molecular formula is C14H26N2O4S. The van der Waals surface area contributed by atoms with Crippen LogP contribution in [0, 0.1) is 11.3 Å². The van der Waals surface area contributed by atoms with Gasteiger partial charge in [0.15, 0.2) is 0 Å². The van der Waals surface area contributed by atoms with E-state index >= 15 is 0 Å². The van der Waals surface area contributed by atoms with Crippen LogP contribution in [0.1, 0.15) is 32.6 Å². The fourth-order valence-corrected chi connectivity index (χ4v) is 4.23. The van der Waals surface area contributed by atoms with E-state index in [-0.39, 0.29) is 0 Å². The summed E-state index contributed by atoms with van der Waals surface area (Å²) in [5.41, 5.74) is -0.595. The van der Waals surface area contributed by atoms with Crippen LogP contribution in [0.4, 0.5) is 0 Å². The van der Waals surface area contributed by atoms with Gasteiger partial charge in [-0.1, -0.05) is 0 Å². The van der Waals surface area contributed by atoms with Crippen molar-refractivity contribution < 1.29 is 18.3 Å². The predicted octanol–water partition coefficient (Wildman–Crippen LogP) is 0.845. The Morgan fingerprint density at radius 2 is 1.90 bits per heavy atom. The summed E-state index contributed by atoms with van der Waals surface area (Å²) in [6.07, 6.45) is 4.58. The van der Waals surface area contributed by atoms with E-state index < -0.39 is 21.4 Å². The van der Waals surface area contributed by atoms with E-state index in [0.717, 1.165) is 32.5 Å². The molecule has 0 bridgehead atoms. The summed E-state index contributed by atoms with van der Waals surface area (Å²) >= 11 is 0. The highest BCUT2D eigenvalue weighted by Crippen LogP contribution is 2.32. The van der Waals surface area contributed by atoms with Crippen molar-refractivity contribution in [1.29, 1.82) is 0 Å². The molecule has 1 atom stereocenters. The molecule has 2 saturated heterocycles. The van der Waals surface area contributed by atoms with Crippen LogP contribution in [0.3, 0.4) is 0 Å². The molecule has 0 radical (unpaired) electrons. The Morgan fingerprint density at radius 1 is 1.29 bits per heavy atom. The molecule has 2 heterocycles. The number of sulfonamides is 1. The Hall–Kier alpha value is -0.660. The van der Waals surface area contributed by atoms with E-state index in [0.29, 0.717) is 31.8 Å². The fraction of sp³-hybridized carbons (Fsp3) is 0.929. The SMILES string of the molecule is CC1(C(=O)O)CCN(CC2CCCN(S(C)(=O)=O)C2)CC1. The van der Waals surface area contributed by atoms with Crippen molar-refractivity contribution >= 4 is 16.0 Å². The van der Waals surface area contributed by atoms with Gasteiger partial charge in [0.1, 0.15) is 0 Å². The first kappa shape index (κ1) is 16.7. The van der Waals surface area contributed by atoms with Gasteiger partial charge in [0.2, 0.25) is 10.0 Å². The third-order valence-electron chi connectivity index (χ3n) is 4.94. The summed E-state index contributed by atoms with van der Waals surface area (Å²) in [5, 5.41) is 9.24. The van der Waals surface area contributed by atoms with Crippen LogP contribution >= 0.6 is 0 Å². The summed E-state index contributed by atoms with van der Waals surface area (Å²) in [4.78, 5) is 13.5. The topological polar surface area (TPSA) is 77.9 Å². The van der Waals surface area contributed by atoms with Crippen LogP contribution < -0.4 is 0 Å². The van der Waals surface area contributed by atoms with Gasteiger partial charge in [0.05, 0.1) is 11.7 Å². The minimum absolute atomic E-state index is 0.364. The van der Waals surface area contributed by atoms with Crippen molar-refractivity contribution in [3.8, 4) is 0 Å². The van der Waals surface area contributed by atoms with Gasteiger partial charge in [-0.05, 0) is 51.6 Å². The molecule has 2 aliphatic heterocycles. The average Bonchev–Trinajstić information content (AvgIpc) is 2.41. The minimum atomic E-state index is -3.09. The van der Waals surface area contributed by atoms with Gasteiger partial charge in [-0.3, -0.25) is 4.79 Å². The zero-order valence-electron chi connectivity index (χ0n) is 12.9. The lowest BCUT2D eigenvalue weighted by Crippen LogP contribution is -2.47. The zero-order valence-corrected chi connectivity index (χ0v) is 13.7. The summed E-state index contributed by atoms with van der Waals surface area (Å²) < 4.78 is 24.8. The normalized spacial score (nSPS) is 28.4. The van der Waals surface area contributed by atoms with E-state index in [4.69, 9.17) is 0 Å². The molecule has 0 amide bonds. The minimum Gasteiger partial charge on any atom is -0.481 e. The number of carbonyl (C=O) groups is 1. The summed E-state index contributed by atoms with van der Waals surface area (Å²) in [6, 6.07) is 0. The van der Waals surface area contributed by atoms with E-state index in [1.54, 1.807) is 4.31 Å². The molecule has 7 heteroatoms. The molecule has 2 aliphatic rings. The number of likely N-dealkylation sites (tertiary alicyclic amines) is 1. The van der Waals surface area contributed by atoms with Crippen molar-refractivity contribution in [3.63, 3.8) is 0 Å². The van der Waals surface area contributed by atoms with Crippen molar-refractivity contribution in [1.82, 2.24) is 9.21 Å². The van der Waals surface area contributed by atoms with Gasteiger partial charge in [-0.25, -0.2) is 12.7 Å². The van der Waals surface area contributed by atoms with Crippen LogP contribution in [0.15, 0.2) is 0 Å². The number of nitrogens with zero attached hydrogens (tertiary/aromatic N) is 2. The van der Waals surface area contributed by atoms with Gasteiger partial charge in [0, 0.05) is 19.6 Å². The van der Waals surface area contributed by atoms with Crippen LogP contribution in [-0.4, -0.2) is 67.7 Å². The molecule has 0 spiro atoms. The first-order chi connectivity index (χ1) is 9.71.